The molecule has 1 aromatic carbocycles. The zero-order valence-corrected chi connectivity index (χ0v) is 12.9. The highest BCUT2D eigenvalue weighted by Gasteiger charge is 2.18. The lowest BCUT2D eigenvalue weighted by Gasteiger charge is -2.13. The lowest BCUT2D eigenvalue weighted by molar-refractivity contribution is -0.117. The number of carbonyl (C=O) groups excluding carboxylic acids is 2. The predicted octanol–water partition coefficient (Wildman–Crippen LogP) is 2.64. The van der Waals surface area contributed by atoms with Crippen LogP contribution in [0.5, 0.6) is 0 Å². The number of nitrogens with one attached hydrogen (secondary N) is 2. The quantitative estimate of drug-likeness (QED) is 0.797. The molecule has 0 saturated carbocycles. The minimum Gasteiger partial charge on any atom is -0.459 e. The second kappa shape index (κ2) is 6.56. The van der Waals surface area contributed by atoms with Gasteiger partial charge in [-0.05, 0) is 65.9 Å². The first-order chi connectivity index (χ1) is 9.56. The van der Waals surface area contributed by atoms with Crippen molar-refractivity contribution in [1.82, 2.24) is 5.32 Å². The Morgan fingerprint density at radius 2 is 1.90 bits per heavy atom. The maximum atomic E-state index is 11.9. The molecule has 0 fully saturated rings. The molecule has 0 aliphatic rings. The van der Waals surface area contributed by atoms with Gasteiger partial charge in [-0.2, -0.15) is 0 Å². The number of furan rings is 1. The molecule has 0 bridgehead atoms. The van der Waals surface area contributed by atoms with E-state index in [2.05, 4.69) is 33.2 Å². The lowest BCUT2D eigenvalue weighted by atomic mass is 10.2. The van der Waals surface area contributed by atoms with Crippen molar-refractivity contribution in [3.8, 4) is 0 Å². The van der Waals surface area contributed by atoms with Crippen molar-refractivity contribution in [2.24, 2.45) is 0 Å². The van der Waals surface area contributed by atoms with Crippen molar-refractivity contribution in [2.75, 3.05) is 5.32 Å². The standard InChI is InChI=1S/C14H13IN2O3/c1-9(16-14(19)12-3-2-8-20-12)13(18)17-11-6-4-10(15)5-7-11/h2-9H,1H3,(H,16,19)(H,17,18). The van der Waals surface area contributed by atoms with E-state index in [0.29, 0.717) is 5.69 Å². The third-order valence-electron chi connectivity index (χ3n) is 2.60. The molecular weight excluding hydrogens is 371 g/mol. The third kappa shape index (κ3) is 3.83. The van der Waals surface area contributed by atoms with Gasteiger partial charge in [0, 0.05) is 9.26 Å². The Balaban J connectivity index is 1.92. The van der Waals surface area contributed by atoms with E-state index in [4.69, 9.17) is 4.42 Å². The van der Waals surface area contributed by atoms with Gasteiger partial charge >= 0.3 is 0 Å². The fourth-order valence-corrected chi connectivity index (χ4v) is 1.88. The van der Waals surface area contributed by atoms with Crippen LogP contribution in [0.1, 0.15) is 17.5 Å². The molecule has 2 amide bonds. The summed E-state index contributed by atoms with van der Waals surface area (Å²) >= 11 is 2.19. The minimum absolute atomic E-state index is 0.180. The molecule has 20 heavy (non-hydrogen) atoms. The van der Waals surface area contributed by atoms with Gasteiger partial charge in [0.15, 0.2) is 5.76 Å². The Kier molecular flexibility index (Phi) is 4.78. The molecule has 2 rings (SSSR count). The molecule has 6 heteroatoms. The highest BCUT2D eigenvalue weighted by molar-refractivity contribution is 14.1. The molecule has 1 aromatic heterocycles. The van der Waals surface area contributed by atoms with Gasteiger partial charge in [0.2, 0.25) is 5.91 Å². The summed E-state index contributed by atoms with van der Waals surface area (Å²) < 4.78 is 6.05. The number of benzene rings is 1. The van der Waals surface area contributed by atoms with Gasteiger partial charge in [0.1, 0.15) is 6.04 Å². The molecule has 1 atom stereocenters. The Hall–Kier alpha value is -1.83. The Morgan fingerprint density at radius 3 is 2.50 bits per heavy atom. The average Bonchev–Trinajstić information content (AvgIpc) is 2.95. The van der Waals surface area contributed by atoms with Gasteiger partial charge in [-0.3, -0.25) is 9.59 Å². The van der Waals surface area contributed by atoms with Gasteiger partial charge in [0.05, 0.1) is 6.26 Å². The summed E-state index contributed by atoms with van der Waals surface area (Å²) in [5.41, 5.74) is 0.689. The second-order valence-electron chi connectivity index (χ2n) is 4.17. The Morgan fingerprint density at radius 1 is 1.20 bits per heavy atom. The summed E-state index contributed by atoms with van der Waals surface area (Å²) in [6, 6.07) is 9.89. The summed E-state index contributed by atoms with van der Waals surface area (Å²) in [6.45, 7) is 1.61. The van der Waals surface area contributed by atoms with E-state index in [9.17, 15) is 9.59 Å². The van der Waals surface area contributed by atoms with Crippen LogP contribution in [0.25, 0.3) is 0 Å². The van der Waals surface area contributed by atoms with Crippen LogP contribution in [0.3, 0.4) is 0 Å². The fraction of sp³-hybridized carbons (Fsp3) is 0.143. The maximum Gasteiger partial charge on any atom is 0.287 e. The van der Waals surface area contributed by atoms with Crippen LogP contribution in [0.2, 0.25) is 0 Å². The van der Waals surface area contributed by atoms with Gasteiger partial charge in [0.25, 0.3) is 5.91 Å². The summed E-state index contributed by atoms with van der Waals surface area (Å²) in [7, 11) is 0. The number of carbonyl (C=O) groups is 2. The highest BCUT2D eigenvalue weighted by Crippen LogP contribution is 2.11. The molecule has 0 aliphatic carbocycles. The monoisotopic (exact) mass is 384 g/mol. The highest BCUT2D eigenvalue weighted by atomic mass is 127. The van der Waals surface area contributed by atoms with E-state index in [0.717, 1.165) is 3.57 Å². The smallest absolute Gasteiger partial charge is 0.287 e. The first-order valence-electron chi connectivity index (χ1n) is 5.97. The molecule has 1 heterocycles. The molecule has 0 spiro atoms. The van der Waals surface area contributed by atoms with E-state index in [-0.39, 0.29) is 11.7 Å². The molecule has 0 saturated heterocycles. The molecular formula is C14H13IN2O3. The molecule has 0 radical (unpaired) electrons. The third-order valence-corrected chi connectivity index (χ3v) is 3.32. The van der Waals surface area contributed by atoms with Gasteiger partial charge in [-0.1, -0.05) is 0 Å². The van der Waals surface area contributed by atoms with Crippen molar-refractivity contribution in [1.29, 1.82) is 0 Å². The first kappa shape index (κ1) is 14.6. The minimum atomic E-state index is -0.660. The molecule has 104 valence electrons. The zero-order valence-electron chi connectivity index (χ0n) is 10.7. The van der Waals surface area contributed by atoms with Crippen molar-refractivity contribution < 1.29 is 14.0 Å². The van der Waals surface area contributed by atoms with Crippen LogP contribution in [-0.4, -0.2) is 17.9 Å². The topological polar surface area (TPSA) is 71.3 Å². The molecule has 0 aliphatic heterocycles. The van der Waals surface area contributed by atoms with Gasteiger partial charge in [-0.25, -0.2) is 0 Å². The van der Waals surface area contributed by atoms with Gasteiger partial charge in [-0.15, -0.1) is 0 Å². The van der Waals surface area contributed by atoms with E-state index < -0.39 is 11.9 Å². The maximum absolute atomic E-state index is 11.9. The van der Waals surface area contributed by atoms with Gasteiger partial charge < -0.3 is 15.1 Å². The van der Waals surface area contributed by atoms with E-state index in [1.165, 1.54) is 6.26 Å². The van der Waals surface area contributed by atoms with E-state index in [1.54, 1.807) is 31.2 Å². The van der Waals surface area contributed by atoms with Crippen LogP contribution in [0, 0.1) is 3.57 Å². The number of halogens is 1. The van der Waals surface area contributed by atoms with E-state index >= 15 is 0 Å². The fourth-order valence-electron chi connectivity index (χ4n) is 1.52. The summed E-state index contributed by atoms with van der Waals surface area (Å²) in [4.78, 5) is 23.7. The summed E-state index contributed by atoms with van der Waals surface area (Å²) in [5.74, 6) is -0.523. The van der Waals surface area contributed by atoms with Crippen LogP contribution >= 0.6 is 22.6 Å². The summed E-state index contributed by atoms with van der Waals surface area (Å²) in [5, 5.41) is 5.30. The van der Waals surface area contributed by atoms with E-state index in [1.807, 2.05) is 12.1 Å². The van der Waals surface area contributed by atoms with Crippen molar-refractivity contribution >= 4 is 40.1 Å². The van der Waals surface area contributed by atoms with Crippen LogP contribution in [0.4, 0.5) is 5.69 Å². The number of amides is 2. The predicted molar refractivity (Wildman–Crippen MR) is 83.4 cm³/mol. The van der Waals surface area contributed by atoms with Crippen LogP contribution in [0.15, 0.2) is 47.1 Å². The SMILES string of the molecule is CC(NC(=O)c1ccco1)C(=O)Nc1ccc(I)cc1. The van der Waals surface area contributed by atoms with Crippen LogP contribution in [-0.2, 0) is 4.79 Å². The Bertz CT molecular complexity index is 593. The largest absolute Gasteiger partial charge is 0.459 e. The lowest BCUT2D eigenvalue weighted by Crippen LogP contribution is -2.41. The average molecular weight is 384 g/mol. The molecule has 2 aromatic rings. The first-order valence-corrected chi connectivity index (χ1v) is 7.05. The number of anilines is 1. The zero-order chi connectivity index (χ0) is 14.5. The van der Waals surface area contributed by atoms with Crippen LogP contribution < -0.4 is 10.6 Å². The summed E-state index contributed by atoms with van der Waals surface area (Å²) in [6.07, 6.45) is 1.41. The normalized spacial score (nSPS) is 11.7. The van der Waals surface area contributed by atoms with Crippen molar-refractivity contribution in [3.05, 3.63) is 52.0 Å². The number of hydrogen-bond acceptors (Lipinski definition) is 3. The molecule has 5 nitrogen and oxygen atoms in total. The Labute approximate surface area is 129 Å². The van der Waals surface area contributed by atoms with Crippen molar-refractivity contribution in [3.63, 3.8) is 0 Å². The number of hydrogen-bond donors (Lipinski definition) is 2. The second-order valence-corrected chi connectivity index (χ2v) is 5.41. The van der Waals surface area contributed by atoms with Crippen molar-refractivity contribution in [2.45, 2.75) is 13.0 Å². The molecule has 2 N–H and O–H groups in total. The number of rotatable bonds is 4. The molecule has 1 unspecified atom stereocenters.